The van der Waals surface area contributed by atoms with Crippen molar-refractivity contribution in [3.8, 4) is 11.4 Å². The summed E-state index contributed by atoms with van der Waals surface area (Å²) in [5.41, 5.74) is 0.222. The van der Waals surface area contributed by atoms with Crippen LogP contribution in [-0.2, 0) is 19.1 Å². The molecule has 0 radical (unpaired) electrons. The maximum atomic E-state index is 13.6. The van der Waals surface area contributed by atoms with Gasteiger partial charge in [0.2, 0.25) is 5.91 Å². The maximum absolute atomic E-state index is 13.6. The van der Waals surface area contributed by atoms with Crippen molar-refractivity contribution in [2.24, 2.45) is 0 Å². The first-order chi connectivity index (χ1) is 19.9. The lowest BCUT2D eigenvalue weighted by Crippen LogP contribution is -2.56. The Labute approximate surface area is 246 Å². The summed E-state index contributed by atoms with van der Waals surface area (Å²) >= 11 is 0. The minimum absolute atomic E-state index is 0.00134. The van der Waals surface area contributed by atoms with E-state index in [1.54, 1.807) is 51.7 Å². The van der Waals surface area contributed by atoms with E-state index in [0.29, 0.717) is 12.0 Å². The number of piperazine rings is 1. The van der Waals surface area contributed by atoms with Crippen LogP contribution in [-0.4, -0.2) is 93.2 Å². The summed E-state index contributed by atoms with van der Waals surface area (Å²) in [7, 11) is 0. The minimum Gasteiger partial charge on any atom is -0.460 e. The van der Waals surface area contributed by atoms with Crippen LogP contribution in [0.4, 0.5) is 4.79 Å². The molecule has 12 nitrogen and oxygen atoms in total. The van der Waals surface area contributed by atoms with Crippen molar-refractivity contribution in [3.63, 3.8) is 0 Å². The average Bonchev–Trinajstić information content (AvgIpc) is 2.97. The van der Waals surface area contributed by atoms with E-state index in [-0.39, 0.29) is 68.7 Å². The highest BCUT2D eigenvalue weighted by Crippen LogP contribution is 2.21. The molecule has 0 aliphatic carbocycles. The van der Waals surface area contributed by atoms with Gasteiger partial charge in [-0.25, -0.2) is 14.8 Å². The third-order valence-corrected chi connectivity index (χ3v) is 6.52. The third-order valence-electron chi connectivity index (χ3n) is 6.52. The number of hydrogen-bond donors (Lipinski definition) is 2. The van der Waals surface area contributed by atoms with Gasteiger partial charge in [-0.05, 0) is 46.6 Å². The number of aliphatic hydroxyl groups excluding tert-OH is 1. The number of rotatable bonds is 10. The third kappa shape index (κ3) is 9.23. The zero-order valence-corrected chi connectivity index (χ0v) is 25.0. The monoisotopic (exact) mass is 583 g/mol. The molecule has 0 saturated carbocycles. The molecule has 1 aromatic carbocycles. The van der Waals surface area contributed by atoms with Crippen LogP contribution < -0.4 is 5.32 Å². The van der Waals surface area contributed by atoms with Gasteiger partial charge < -0.3 is 29.7 Å². The van der Waals surface area contributed by atoms with E-state index in [1.807, 2.05) is 18.2 Å². The van der Waals surface area contributed by atoms with Crippen LogP contribution in [0.3, 0.4) is 0 Å². The Balaban J connectivity index is 1.84. The lowest BCUT2D eigenvalue weighted by molar-refractivity contribution is -0.155. The minimum atomic E-state index is -1.06. The second-order valence-corrected chi connectivity index (χ2v) is 11.0. The van der Waals surface area contributed by atoms with E-state index in [2.05, 4.69) is 15.3 Å². The molecule has 2 atom stereocenters. The molecule has 0 bridgehead atoms. The van der Waals surface area contributed by atoms with Gasteiger partial charge in [0.05, 0.1) is 18.4 Å². The van der Waals surface area contributed by atoms with Crippen LogP contribution in [0.1, 0.15) is 76.2 Å². The first kappa shape index (κ1) is 32.5. The van der Waals surface area contributed by atoms with Crippen molar-refractivity contribution in [1.82, 2.24) is 25.1 Å². The number of aromatic nitrogens is 2. The van der Waals surface area contributed by atoms with Gasteiger partial charge in [0, 0.05) is 38.2 Å². The number of aliphatic hydroxyl groups is 1. The Morgan fingerprint density at radius 2 is 1.64 bits per heavy atom. The highest BCUT2D eigenvalue weighted by atomic mass is 16.6. The molecule has 42 heavy (non-hydrogen) atoms. The topological polar surface area (TPSA) is 151 Å². The van der Waals surface area contributed by atoms with E-state index in [1.165, 1.54) is 11.0 Å². The van der Waals surface area contributed by atoms with Crippen molar-refractivity contribution in [1.29, 1.82) is 0 Å². The second-order valence-electron chi connectivity index (χ2n) is 11.0. The first-order valence-corrected chi connectivity index (χ1v) is 14.3. The number of nitrogens with one attached hydrogen (secondary N) is 1. The summed E-state index contributed by atoms with van der Waals surface area (Å²) in [6, 6.07) is 9.40. The fraction of sp³-hybridized carbons (Fsp3) is 0.533. The summed E-state index contributed by atoms with van der Waals surface area (Å²) in [6.07, 6.45) is -1.08. The molecule has 3 amide bonds. The summed E-state index contributed by atoms with van der Waals surface area (Å²) in [6.45, 7) is 10.1. The van der Waals surface area contributed by atoms with Gasteiger partial charge in [0.15, 0.2) is 5.82 Å². The van der Waals surface area contributed by atoms with Gasteiger partial charge in [-0.3, -0.25) is 14.4 Å². The first-order valence-electron chi connectivity index (χ1n) is 14.3. The predicted molar refractivity (Wildman–Crippen MR) is 154 cm³/mol. The van der Waals surface area contributed by atoms with Crippen LogP contribution in [0.25, 0.3) is 11.4 Å². The van der Waals surface area contributed by atoms with E-state index < -0.39 is 35.7 Å². The Morgan fingerprint density at radius 1 is 1.00 bits per heavy atom. The maximum Gasteiger partial charge on any atom is 0.409 e. The van der Waals surface area contributed by atoms with Gasteiger partial charge in [-0.15, -0.1) is 0 Å². The number of esters is 1. The lowest BCUT2D eigenvalue weighted by Gasteiger charge is -2.36. The molecule has 1 aliphatic heterocycles. The molecular formula is C30H41N5O7. The predicted octanol–water partition coefficient (Wildman–Crippen LogP) is 3.11. The Bertz CT molecular complexity index is 1240. The standard InChI is InChI=1S/C30H41N5O7/c1-6-24(36)22-19-23(32-26(31-22)20-11-9-8-10-12-20)27(38)33-21(13-14-25(37)42-30(3,4)5)28(39)34-15-17-35(18-16-34)29(40)41-7-2/h8-12,19,21,24,36H,6-7,13-18H2,1-5H3,(H,33,38)/t21?,24-/m0/s1. The van der Waals surface area contributed by atoms with Crippen molar-refractivity contribution in [3.05, 3.63) is 47.8 Å². The van der Waals surface area contributed by atoms with Gasteiger partial charge >= 0.3 is 12.1 Å². The molecule has 228 valence electrons. The number of carbonyl (C=O) groups excluding carboxylic acids is 4. The molecular weight excluding hydrogens is 542 g/mol. The number of ether oxygens (including phenoxy) is 2. The molecule has 2 heterocycles. The highest BCUT2D eigenvalue weighted by molar-refractivity contribution is 5.96. The molecule has 2 N–H and O–H groups in total. The molecule has 1 aromatic heterocycles. The fourth-order valence-corrected chi connectivity index (χ4v) is 4.37. The number of amides is 3. The molecule has 1 unspecified atom stereocenters. The van der Waals surface area contributed by atoms with E-state index in [0.717, 1.165) is 0 Å². The van der Waals surface area contributed by atoms with E-state index >= 15 is 0 Å². The Kier molecular flexibility index (Phi) is 11.4. The zero-order chi connectivity index (χ0) is 30.9. The molecule has 1 fully saturated rings. The fourth-order valence-electron chi connectivity index (χ4n) is 4.37. The van der Waals surface area contributed by atoms with Gasteiger partial charge in [0.25, 0.3) is 5.91 Å². The van der Waals surface area contributed by atoms with Gasteiger partial charge in [-0.1, -0.05) is 37.3 Å². The van der Waals surface area contributed by atoms with Crippen LogP contribution >= 0.6 is 0 Å². The van der Waals surface area contributed by atoms with Crippen molar-refractivity contribution in [2.75, 3.05) is 32.8 Å². The largest absolute Gasteiger partial charge is 0.460 e. The van der Waals surface area contributed by atoms with Crippen LogP contribution in [0.15, 0.2) is 36.4 Å². The van der Waals surface area contributed by atoms with Gasteiger partial charge in [-0.2, -0.15) is 0 Å². The van der Waals surface area contributed by atoms with Crippen molar-refractivity contribution in [2.45, 2.75) is 71.6 Å². The number of hydrogen-bond acceptors (Lipinski definition) is 9. The van der Waals surface area contributed by atoms with Crippen molar-refractivity contribution >= 4 is 23.9 Å². The molecule has 1 saturated heterocycles. The number of nitrogens with zero attached hydrogens (tertiary/aromatic N) is 4. The average molecular weight is 584 g/mol. The number of benzene rings is 1. The van der Waals surface area contributed by atoms with Gasteiger partial charge in [0.1, 0.15) is 17.3 Å². The molecule has 12 heteroatoms. The molecule has 1 aliphatic rings. The second kappa shape index (κ2) is 14.7. The Hall–Kier alpha value is -4.06. The molecule has 3 rings (SSSR count). The number of carbonyl (C=O) groups is 4. The van der Waals surface area contributed by atoms with E-state index in [9.17, 15) is 24.3 Å². The molecule has 0 spiro atoms. The zero-order valence-electron chi connectivity index (χ0n) is 25.0. The summed E-state index contributed by atoms with van der Waals surface area (Å²) in [5.74, 6) is -1.27. The highest BCUT2D eigenvalue weighted by Gasteiger charge is 2.32. The normalized spacial score (nSPS) is 15.0. The SMILES string of the molecule is CCOC(=O)N1CCN(C(=O)C(CCC(=O)OC(C)(C)C)NC(=O)c2cc([C@@H](O)CC)nc(-c3ccccc3)n2)CC1. The smallest absolute Gasteiger partial charge is 0.409 e. The Morgan fingerprint density at radius 3 is 2.24 bits per heavy atom. The summed E-state index contributed by atoms with van der Waals surface area (Å²) in [4.78, 5) is 63.7. The summed E-state index contributed by atoms with van der Waals surface area (Å²) < 4.78 is 10.5. The molecule has 2 aromatic rings. The van der Waals surface area contributed by atoms with Crippen LogP contribution in [0.2, 0.25) is 0 Å². The van der Waals surface area contributed by atoms with Crippen LogP contribution in [0.5, 0.6) is 0 Å². The summed E-state index contributed by atoms with van der Waals surface area (Å²) in [5, 5.41) is 13.3. The quantitative estimate of drug-likeness (QED) is 0.402. The van der Waals surface area contributed by atoms with E-state index in [4.69, 9.17) is 9.47 Å². The van der Waals surface area contributed by atoms with Crippen LogP contribution in [0, 0.1) is 0 Å². The van der Waals surface area contributed by atoms with Crippen molar-refractivity contribution < 1.29 is 33.8 Å². The lowest BCUT2D eigenvalue weighted by atomic mass is 10.1.